The zero-order valence-electron chi connectivity index (χ0n) is 17.3. The van der Waals surface area contributed by atoms with Gasteiger partial charge in [-0.3, -0.25) is 0 Å². The molecule has 0 aliphatic rings. The van der Waals surface area contributed by atoms with E-state index in [2.05, 4.69) is 27.6 Å². The SMILES string of the molecule is CCN(C)Cc1cccc(CNC(=O)Nc2cc(C(F)(F)F)ccc2-n2cccn2)c1. The van der Waals surface area contributed by atoms with Gasteiger partial charge in [0.15, 0.2) is 0 Å². The molecule has 0 atom stereocenters. The Kier molecular flexibility index (Phi) is 6.96. The number of benzene rings is 2. The largest absolute Gasteiger partial charge is 0.416 e. The molecule has 0 aliphatic heterocycles. The van der Waals surface area contributed by atoms with E-state index in [4.69, 9.17) is 0 Å². The van der Waals surface area contributed by atoms with Gasteiger partial charge in [0.25, 0.3) is 0 Å². The third kappa shape index (κ3) is 6.08. The van der Waals surface area contributed by atoms with E-state index >= 15 is 0 Å². The zero-order chi connectivity index (χ0) is 22.4. The summed E-state index contributed by atoms with van der Waals surface area (Å²) in [6.07, 6.45) is -1.43. The van der Waals surface area contributed by atoms with E-state index in [0.29, 0.717) is 5.69 Å². The molecular formula is C22H24F3N5O. The molecule has 0 aliphatic carbocycles. The first-order valence-corrected chi connectivity index (χ1v) is 9.78. The summed E-state index contributed by atoms with van der Waals surface area (Å²) in [5.41, 5.74) is 1.50. The molecule has 9 heteroatoms. The van der Waals surface area contributed by atoms with Crippen molar-refractivity contribution >= 4 is 11.7 Å². The first-order valence-electron chi connectivity index (χ1n) is 9.78. The smallest absolute Gasteiger partial charge is 0.334 e. The van der Waals surface area contributed by atoms with Crippen LogP contribution in [0.2, 0.25) is 0 Å². The van der Waals surface area contributed by atoms with E-state index in [9.17, 15) is 18.0 Å². The Morgan fingerprint density at radius 3 is 2.58 bits per heavy atom. The summed E-state index contributed by atoms with van der Waals surface area (Å²) in [5.74, 6) is 0. The topological polar surface area (TPSA) is 62.2 Å². The molecule has 0 unspecified atom stereocenters. The molecule has 6 nitrogen and oxygen atoms in total. The van der Waals surface area contributed by atoms with Crippen molar-refractivity contribution in [3.05, 3.63) is 77.6 Å². The van der Waals surface area contributed by atoms with Crippen LogP contribution in [-0.2, 0) is 19.3 Å². The maximum absolute atomic E-state index is 13.1. The van der Waals surface area contributed by atoms with Crippen LogP contribution in [0.3, 0.4) is 0 Å². The first-order chi connectivity index (χ1) is 14.8. The predicted molar refractivity (Wildman–Crippen MR) is 113 cm³/mol. The standard InChI is InChI=1S/C22H24F3N5O/c1-3-29(2)15-17-7-4-6-16(12-17)14-26-21(31)28-19-13-18(22(23,24)25)8-9-20(19)30-11-5-10-27-30/h4-13H,3,14-15H2,1-2H3,(H2,26,28,31). The van der Waals surface area contributed by atoms with Crippen molar-refractivity contribution in [2.24, 2.45) is 0 Å². The summed E-state index contributed by atoms with van der Waals surface area (Å²) >= 11 is 0. The quantitative estimate of drug-likeness (QED) is 0.572. The molecule has 0 radical (unpaired) electrons. The summed E-state index contributed by atoms with van der Waals surface area (Å²) in [6.45, 7) is 4.01. The summed E-state index contributed by atoms with van der Waals surface area (Å²) in [5, 5.41) is 9.26. The Morgan fingerprint density at radius 2 is 1.90 bits per heavy atom. The zero-order valence-corrected chi connectivity index (χ0v) is 17.3. The summed E-state index contributed by atoms with van der Waals surface area (Å²) in [7, 11) is 2.02. The fourth-order valence-electron chi connectivity index (χ4n) is 3.03. The number of aromatic nitrogens is 2. The monoisotopic (exact) mass is 431 g/mol. The van der Waals surface area contributed by atoms with Gasteiger partial charge in [0, 0.05) is 25.5 Å². The molecule has 2 N–H and O–H groups in total. The number of rotatable bonds is 7. The highest BCUT2D eigenvalue weighted by molar-refractivity contribution is 5.91. The van der Waals surface area contributed by atoms with Crippen LogP contribution in [0.5, 0.6) is 0 Å². The number of halogens is 3. The van der Waals surface area contributed by atoms with Gasteiger partial charge >= 0.3 is 12.2 Å². The molecule has 0 fully saturated rings. The lowest BCUT2D eigenvalue weighted by Gasteiger charge is -2.16. The molecule has 1 aromatic heterocycles. The molecule has 31 heavy (non-hydrogen) atoms. The van der Waals surface area contributed by atoms with Crippen LogP contribution in [0.15, 0.2) is 60.9 Å². The minimum atomic E-state index is -4.53. The molecule has 1 heterocycles. The molecule has 164 valence electrons. The van der Waals surface area contributed by atoms with Crippen LogP contribution in [-0.4, -0.2) is 34.3 Å². The molecule has 0 saturated heterocycles. The van der Waals surface area contributed by atoms with Crippen molar-refractivity contribution < 1.29 is 18.0 Å². The molecule has 0 bridgehead atoms. The molecular weight excluding hydrogens is 407 g/mol. The fraction of sp³-hybridized carbons (Fsp3) is 0.273. The second-order valence-electron chi connectivity index (χ2n) is 7.14. The van der Waals surface area contributed by atoms with Gasteiger partial charge in [-0.25, -0.2) is 9.48 Å². The van der Waals surface area contributed by atoms with Crippen LogP contribution >= 0.6 is 0 Å². The summed E-state index contributed by atoms with van der Waals surface area (Å²) in [4.78, 5) is 14.6. The van der Waals surface area contributed by atoms with Gasteiger partial charge in [-0.2, -0.15) is 18.3 Å². The Hall–Kier alpha value is -3.33. The summed E-state index contributed by atoms with van der Waals surface area (Å²) in [6, 6.07) is 12.0. The number of alkyl halides is 3. The van der Waals surface area contributed by atoms with E-state index < -0.39 is 17.8 Å². The lowest BCUT2D eigenvalue weighted by atomic mass is 10.1. The van der Waals surface area contributed by atoms with Gasteiger partial charge in [-0.05, 0) is 49.0 Å². The third-order valence-corrected chi connectivity index (χ3v) is 4.76. The Bertz CT molecular complexity index is 1020. The van der Waals surface area contributed by atoms with Gasteiger partial charge < -0.3 is 15.5 Å². The third-order valence-electron chi connectivity index (χ3n) is 4.76. The van der Waals surface area contributed by atoms with E-state index in [0.717, 1.165) is 36.3 Å². The minimum Gasteiger partial charge on any atom is -0.334 e. The van der Waals surface area contributed by atoms with Crippen molar-refractivity contribution in [3.8, 4) is 5.69 Å². The number of anilines is 1. The molecule has 3 aromatic rings. The molecule has 3 rings (SSSR count). The highest BCUT2D eigenvalue weighted by atomic mass is 19.4. The maximum Gasteiger partial charge on any atom is 0.416 e. The average Bonchev–Trinajstić information content (AvgIpc) is 3.26. The van der Waals surface area contributed by atoms with E-state index in [1.807, 2.05) is 31.3 Å². The van der Waals surface area contributed by atoms with Crippen LogP contribution in [0.1, 0.15) is 23.6 Å². The Labute approximate surface area is 178 Å². The van der Waals surface area contributed by atoms with Crippen molar-refractivity contribution in [1.82, 2.24) is 20.0 Å². The van der Waals surface area contributed by atoms with Crippen LogP contribution in [0, 0.1) is 0 Å². The number of carbonyl (C=O) groups is 1. The van der Waals surface area contributed by atoms with E-state index in [-0.39, 0.29) is 12.2 Å². The van der Waals surface area contributed by atoms with Crippen molar-refractivity contribution in [2.75, 3.05) is 18.9 Å². The van der Waals surface area contributed by atoms with Gasteiger partial charge in [0.2, 0.25) is 0 Å². The van der Waals surface area contributed by atoms with Gasteiger partial charge in [0.1, 0.15) is 0 Å². The maximum atomic E-state index is 13.1. The highest BCUT2D eigenvalue weighted by Crippen LogP contribution is 2.33. The number of hydrogen-bond donors (Lipinski definition) is 2. The number of nitrogens with zero attached hydrogens (tertiary/aromatic N) is 3. The lowest BCUT2D eigenvalue weighted by Crippen LogP contribution is -2.29. The molecule has 2 aromatic carbocycles. The normalized spacial score (nSPS) is 11.5. The molecule has 0 saturated carbocycles. The molecule has 2 amide bonds. The van der Waals surface area contributed by atoms with Crippen LogP contribution in [0.4, 0.5) is 23.7 Å². The number of nitrogens with one attached hydrogen (secondary N) is 2. The first kappa shape index (κ1) is 22.4. The average molecular weight is 431 g/mol. The predicted octanol–water partition coefficient (Wildman–Crippen LogP) is 4.66. The molecule has 0 spiro atoms. The second-order valence-corrected chi connectivity index (χ2v) is 7.14. The van der Waals surface area contributed by atoms with E-state index in [1.165, 1.54) is 16.9 Å². The van der Waals surface area contributed by atoms with Crippen molar-refractivity contribution in [3.63, 3.8) is 0 Å². The summed E-state index contributed by atoms with van der Waals surface area (Å²) < 4.78 is 40.8. The number of urea groups is 1. The Balaban J connectivity index is 1.72. The number of hydrogen-bond acceptors (Lipinski definition) is 3. The minimum absolute atomic E-state index is 0.00865. The van der Waals surface area contributed by atoms with Gasteiger partial charge in [-0.15, -0.1) is 0 Å². The lowest BCUT2D eigenvalue weighted by molar-refractivity contribution is -0.137. The fourth-order valence-corrected chi connectivity index (χ4v) is 3.03. The second kappa shape index (κ2) is 9.65. The van der Waals surface area contributed by atoms with Gasteiger partial charge in [-0.1, -0.05) is 31.2 Å². The van der Waals surface area contributed by atoms with Crippen molar-refractivity contribution in [1.29, 1.82) is 0 Å². The number of amides is 2. The number of carbonyl (C=O) groups excluding carboxylic acids is 1. The Morgan fingerprint density at radius 1 is 1.13 bits per heavy atom. The van der Waals surface area contributed by atoms with E-state index in [1.54, 1.807) is 12.3 Å². The highest BCUT2D eigenvalue weighted by Gasteiger charge is 2.31. The van der Waals surface area contributed by atoms with Crippen LogP contribution < -0.4 is 10.6 Å². The van der Waals surface area contributed by atoms with Crippen molar-refractivity contribution in [2.45, 2.75) is 26.2 Å². The van der Waals surface area contributed by atoms with Gasteiger partial charge in [0.05, 0.1) is 16.9 Å². The van der Waals surface area contributed by atoms with Crippen LogP contribution in [0.25, 0.3) is 5.69 Å².